The number of rotatable bonds is 3. The summed E-state index contributed by atoms with van der Waals surface area (Å²) in [7, 11) is 1.97. The molecule has 2 rings (SSSR count). The maximum Gasteiger partial charge on any atom is 0.129 e. The molecule has 0 saturated heterocycles. The van der Waals surface area contributed by atoms with E-state index < -0.39 is 0 Å². The van der Waals surface area contributed by atoms with Gasteiger partial charge in [0, 0.05) is 24.5 Å². The number of para-hydroxylation sites is 1. The van der Waals surface area contributed by atoms with E-state index in [1.807, 2.05) is 42.3 Å². The Morgan fingerprint density at radius 3 is 2.76 bits per heavy atom. The largest absolute Gasteiger partial charge is 0.384 e. The van der Waals surface area contributed by atoms with Gasteiger partial charge >= 0.3 is 0 Å². The summed E-state index contributed by atoms with van der Waals surface area (Å²) in [5.41, 5.74) is 7.24. The summed E-state index contributed by atoms with van der Waals surface area (Å²) < 4.78 is 0. The third-order valence-electron chi connectivity index (χ3n) is 2.86. The number of nitrogen functional groups attached to an aromatic ring is 1. The lowest BCUT2D eigenvalue weighted by molar-refractivity contribution is 0.944. The molecule has 3 N–H and O–H groups in total. The highest BCUT2D eigenvalue weighted by Gasteiger charge is 2.09. The van der Waals surface area contributed by atoms with Gasteiger partial charge in [-0.1, -0.05) is 18.2 Å². The van der Waals surface area contributed by atoms with E-state index in [1.165, 1.54) is 0 Å². The minimum Gasteiger partial charge on any atom is -0.384 e. The van der Waals surface area contributed by atoms with E-state index in [4.69, 9.17) is 11.1 Å². The van der Waals surface area contributed by atoms with E-state index in [9.17, 15) is 0 Å². The first-order valence-corrected chi connectivity index (χ1v) is 5.58. The second kappa shape index (κ2) is 4.41. The predicted octanol–water partition coefficient (Wildman–Crippen LogP) is 1.97. The van der Waals surface area contributed by atoms with E-state index in [0.29, 0.717) is 0 Å². The van der Waals surface area contributed by atoms with Crippen LogP contribution >= 0.6 is 0 Å². The van der Waals surface area contributed by atoms with Crippen molar-refractivity contribution in [2.75, 3.05) is 18.5 Å². The molecule has 0 atom stereocenters. The van der Waals surface area contributed by atoms with Crippen LogP contribution in [0.4, 0.5) is 5.82 Å². The van der Waals surface area contributed by atoms with Crippen LogP contribution in [-0.2, 0) is 0 Å². The van der Waals surface area contributed by atoms with Crippen molar-refractivity contribution >= 4 is 22.6 Å². The van der Waals surface area contributed by atoms with Crippen LogP contribution in [-0.4, -0.2) is 24.4 Å². The summed E-state index contributed by atoms with van der Waals surface area (Å²) in [5.74, 6) is 0.922. The van der Waals surface area contributed by atoms with Crippen molar-refractivity contribution in [3.8, 4) is 0 Å². The average Bonchev–Trinajstić information content (AvgIpc) is 2.36. The number of benzene rings is 1. The van der Waals surface area contributed by atoms with Crippen molar-refractivity contribution in [1.82, 2.24) is 4.98 Å². The van der Waals surface area contributed by atoms with E-state index in [-0.39, 0.29) is 5.84 Å². The Balaban J connectivity index is 2.71. The zero-order valence-electron chi connectivity index (χ0n) is 10.1. The molecular formula is C13H16N4. The molecule has 0 amide bonds. The van der Waals surface area contributed by atoms with Gasteiger partial charge in [-0.05, 0) is 19.1 Å². The van der Waals surface area contributed by atoms with Gasteiger partial charge in [-0.25, -0.2) is 4.98 Å². The van der Waals surface area contributed by atoms with Gasteiger partial charge in [0.15, 0.2) is 0 Å². The van der Waals surface area contributed by atoms with Gasteiger partial charge in [0.25, 0.3) is 0 Å². The monoisotopic (exact) mass is 228 g/mol. The fourth-order valence-electron chi connectivity index (χ4n) is 1.74. The summed E-state index contributed by atoms with van der Waals surface area (Å²) in [6, 6.07) is 9.62. The van der Waals surface area contributed by atoms with Gasteiger partial charge in [0.1, 0.15) is 11.7 Å². The summed E-state index contributed by atoms with van der Waals surface area (Å²) in [4.78, 5) is 6.59. The molecule has 0 aliphatic rings. The van der Waals surface area contributed by atoms with Gasteiger partial charge in [-0.15, -0.1) is 0 Å². The molecule has 0 unspecified atom stereocenters. The lowest BCUT2D eigenvalue weighted by Crippen LogP contribution is -2.19. The molecule has 0 fully saturated rings. The van der Waals surface area contributed by atoms with Crippen molar-refractivity contribution in [3.05, 3.63) is 35.9 Å². The van der Waals surface area contributed by atoms with Crippen molar-refractivity contribution in [2.24, 2.45) is 5.73 Å². The van der Waals surface area contributed by atoms with Gasteiger partial charge in [-0.3, -0.25) is 5.41 Å². The molecular weight excluding hydrogens is 212 g/mol. The average molecular weight is 228 g/mol. The van der Waals surface area contributed by atoms with Crippen LogP contribution in [0.25, 0.3) is 10.9 Å². The molecule has 0 bridgehead atoms. The number of anilines is 1. The Morgan fingerprint density at radius 1 is 1.41 bits per heavy atom. The molecule has 0 saturated carbocycles. The summed E-state index contributed by atoms with van der Waals surface area (Å²) in [5, 5.41) is 8.57. The molecule has 2 aromatic rings. The van der Waals surface area contributed by atoms with Gasteiger partial charge in [0.05, 0.1) is 5.52 Å². The molecule has 0 radical (unpaired) electrons. The van der Waals surface area contributed by atoms with Gasteiger partial charge in [0.2, 0.25) is 0 Å². The van der Waals surface area contributed by atoms with E-state index in [2.05, 4.69) is 11.9 Å². The minimum absolute atomic E-state index is 0.0781. The van der Waals surface area contributed by atoms with Crippen molar-refractivity contribution in [3.63, 3.8) is 0 Å². The third kappa shape index (κ3) is 2.06. The first kappa shape index (κ1) is 11.4. The van der Waals surface area contributed by atoms with Crippen molar-refractivity contribution in [2.45, 2.75) is 6.92 Å². The molecule has 4 nitrogen and oxygen atoms in total. The van der Waals surface area contributed by atoms with Gasteiger partial charge in [-0.2, -0.15) is 0 Å². The number of hydrogen-bond acceptors (Lipinski definition) is 3. The molecule has 1 aromatic heterocycles. The van der Waals surface area contributed by atoms with Gasteiger partial charge < -0.3 is 10.6 Å². The lowest BCUT2D eigenvalue weighted by atomic mass is 10.1. The van der Waals surface area contributed by atoms with Crippen LogP contribution in [0.1, 0.15) is 12.5 Å². The van der Waals surface area contributed by atoms with E-state index in [0.717, 1.165) is 28.8 Å². The second-order valence-electron chi connectivity index (χ2n) is 3.97. The maximum atomic E-state index is 7.64. The molecule has 0 aliphatic heterocycles. The zero-order valence-corrected chi connectivity index (χ0v) is 10.1. The molecule has 1 heterocycles. The Morgan fingerprint density at radius 2 is 2.12 bits per heavy atom. The molecule has 0 spiro atoms. The molecule has 17 heavy (non-hydrogen) atoms. The molecule has 4 heteroatoms. The van der Waals surface area contributed by atoms with Crippen LogP contribution in [0.5, 0.6) is 0 Å². The first-order chi connectivity index (χ1) is 8.13. The zero-order chi connectivity index (χ0) is 12.4. The predicted molar refractivity (Wildman–Crippen MR) is 71.7 cm³/mol. The highest BCUT2D eigenvalue weighted by molar-refractivity contribution is 6.07. The smallest absolute Gasteiger partial charge is 0.129 e. The Bertz CT molecular complexity index is 562. The number of amidine groups is 1. The second-order valence-corrected chi connectivity index (χ2v) is 3.97. The van der Waals surface area contributed by atoms with E-state index in [1.54, 1.807) is 0 Å². The van der Waals surface area contributed by atoms with Crippen LogP contribution in [0.3, 0.4) is 0 Å². The fraction of sp³-hybridized carbons (Fsp3) is 0.231. The van der Waals surface area contributed by atoms with Crippen LogP contribution in [0.15, 0.2) is 30.3 Å². The first-order valence-electron chi connectivity index (χ1n) is 5.58. The summed E-state index contributed by atoms with van der Waals surface area (Å²) in [6.07, 6.45) is 0. The SMILES string of the molecule is CCN(C)c1cc(C(=N)N)c2ccccc2n1. The van der Waals surface area contributed by atoms with E-state index >= 15 is 0 Å². The van der Waals surface area contributed by atoms with Crippen molar-refractivity contribution < 1.29 is 0 Å². The number of aromatic nitrogens is 1. The number of pyridine rings is 1. The Hall–Kier alpha value is -2.10. The van der Waals surface area contributed by atoms with Crippen LogP contribution < -0.4 is 10.6 Å². The highest BCUT2D eigenvalue weighted by atomic mass is 15.2. The molecule has 88 valence electrons. The number of fused-ring (bicyclic) bond motifs is 1. The Kier molecular flexibility index (Phi) is 2.95. The minimum atomic E-state index is 0.0781. The third-order valence-corrected chi connectivity index (χ3v) is 2.86. The lowest BCUT2D eigenvalue weighted by Gasteiger charge is -2.17. The normalized spacial score (nSPS) is 10.5. The standard InChI is InChI=1S/C13H16N4/c1-3-17(2)12-8-10(13(14)15)9-6-4-5-7-11(9)16-12/h4-8H,3H2,1-2H3,(H3,14,15). The number of hydrogen-bond donors (Lipinski definition) is 2. The number of nitrogens with two attached hydrogens (primary N) is 1. The topological polar surface area (TPSA) is 66.0 Å². The molecule has 0 aliphatic carbocycles. The summed E-state index contributed by atoms with van der Waals surface area (Å²) in [6.45, 7) is 2.92. The Labute approximate surface area is 101 Å². The highest BCUT2D eigenvalue weighted by Crippen LogP contribution is 2.21. The number of nitrogens with one attached hydrogen (secondary N) is 1. The maximum absolute atomic E-state index is 7.64. The fourth-order valence-corrected chi connectivity index (χ4v) is 1.74. The van der Waals surface area contributed by atoms with Crippen molar-refractivity contribution in [1.29, 1.82) is 5.41 Å². The molecule has 1 aromatic carbocycles. The quantitative estimate of drug-likeness (QED) is 0.623. The van der Waals surface area contributed by atoms with Crippen LogP contribution in [0, 0.1) is 5.41 Å². The number of nitrogens with zero attached hydrogens (tertiary/aromatic N) is 2. The summed E-state index contributed by atoms with van der Waals surface area (Å²) >= 11 is 0. The van der Waals surface area contributed by atoms with Crippen LogP contribution in [0.2, 0.25) is 0 Å².